The molecule has 0 spiro atoms. The van der Waals surface area contributed by atoms with Crippen LogP contribution in [0.1, 0.15) is 88.2 Å². The fourth-order valence-electron chi connectivity index (χ4n) is 8.51. The van der Waals surface area contributed by atoms with Gasteiger partial charge in [-0.3, -0.25) is 5.43 Å². The van der Waals surface area contributed by atoms with Crippen LogP contribution in [0.15, 0.2) is 53.7 Å². The Morgan fingerprint density at radius 1 is 0.962 bits per heavy atom. The number of thiazole rings is 1. The summed E-state index contributed by atoms with van der Waals surface area (Å²) in [6, 6.07) is 10.1. The van der Waals surface area contributed by atoms with E-state index in [-0.39, 0.29) is 22.3 Å². The number of hydrogen-bond donors (Lipinski definition) is 2. The maximum Gasteiger partial charge on any atom is 0.335 e. The summed E-state index contributed by atoms with van der Waals surface area (Å²) in [4.78, 5) is 17.5. The number of rotatable bonds is 8. The van der Waals surface area contributed by atoms with Crippen molar-refractivity contribution in [3.63, 3.8) is 0 Å². The van der Waals surface area contributed by atoms with Crippen LogP contribution in [0.4, 0.5) is 13.9 Å². The molecule has 3 fully saturated rings. The number of hydrogen-bond acceptors (Lipinski definition) is 10. The molecule has 3 aromatic carbocycles. The number of allylic oxidation sites excluding steroid dienone is 1. The van der Waals surface area contributed by atoms with E-state index in [0.717, 1.165) is 90.3 Å². The molecule has 0 bridgehead atoms. The molecule has 3 saturated carbocycles. The highest BCUT2D eigenvalue weighted by molar-refractivity contribution is 7.80. The van der Waals surface area contributed by atoms with E-state index in [2.05, 4.69) is 31.2 Å². The maximum atomic E-state index is 16.3. The average molecular weight is 792 g/mol. The van der Waals surface area contributed by atoms with Crippen LogP contribution in [-0.4, -0.2) is 31.2 Å². The molecule has 276 valence electrons. The number of nitrogens with one attached hydrogen (secondary N) is 1. The molecule has 0 radical (unpaired) electrons. The van der Waals surface area contributed by atoms with Gasteiger partial charge in [-0.2, -0.15) is 26.5 Å². The number of aromatic nitrogens is 3. The molecule has 5 aromatic rings. The van der Waals surface area contributed by atoms with Crippen LogP contribution in [0.3, 0.4) is 0 Å². The van der Waals surface area contributed by atoms with Crippen molar-refractivity contribution in [2.75, 3.05) is 5.43 Å². The molecular weight excluding hydrogens is 752 g/mol. The standard InChI is InChI=1S/C40H40ClF2N5O2S3/c1-21-2-6-23(7-3-21)29-16-27(20-44-46-40-45-33-18-31-32(48-53-47-31)19-35(33)52-40)37(39(43)38(29)42)26-10-12-34(30(41)17-26)50-36(49)13-5-22-4-8-25-15-28(51)11-9-24(25)14-22/h5,10,12-13,16-25,28,51H,2-4,6-9,11,14-15H2,1H3,(H,45,46)/b13-5+,44-20+. The number of fused-ring (bicyclic) bond motifs is 3. The van der Waals surface area contributed by atoms with Gasteiger partial charge in [0.05, 0.1) is 33.2 Å². The minimum absolute atomic E-state index is 0.0182. The number of carbonyl (C=O) groups is 1. The molecule has 13 heteroatoms. The summed E-state index contributed by atoms with van der Waals surface area (Å²) in [5.74, 6) is 0.0311. The van der Waals surface area contributed by atoms with Gasteiger partial charge >= 0.3 is 5.97 Å². The predicted molar refractivity (Wildman–Crippen MR) is 215 cm³/mol. The lowest BCUT2D eigenvalue weighted by Crippen LogP contribution is -2.31. The van der Waals surface area contributed by atoms with Crippen molar-refractivity contribution in [1.82, 2.24) is 13.7 Å². The van der Waals surface area contributed by atoms with Gasteiger partial charge in [-0.05, 0) is 122 Å². The number of ether oxygens (including phenoxy) is 1. The normalized spacial score (nSPS) is 25.0. The van der Waals surface area contributed by atoms with E-state index in [0.29, 0.717) is 44.8 Å². The molecule has 0 aliphatic heterocycles. The lowest BCUT2D eigenvalue weighted by atomic mass is 9.67. The number of esters is 1. The third-order valence-electron chi connectivity index (χ3n) is 11.4. The van der Waals surface area contributed by atoms with E-state index >= 15 is 8.78 Å². The highest BCUT2D eigenvalue weighted by Gasteiger charge is 2.34. The van der Waals surface area contributed by atoms with E-state index in [1.165, 1.54) is 48.6 Å². The third kappa shape index (κ3) is 8.02. The van der Waals surface area contributed by atoms with Gasteiger partial charge in [0.1, 0.15) is 16.8 Å². The Kier molecular flexibility index (Phi) is 10.8. The van der Waals surface area contributed by atoms with Crippen molar-refractivity contribution in [2.24, 2.45) is 28.8 Å². The first kappa shape index (κ1) is 36.5. The first-order valence-electron chi connectivity index (χ1n) is 18.4. The van der Waals surface area contributed by atoms with Crippen LogP contribution in [0.5, 0.6) is 5.75 Å². The van der Waals surface area contributed by atoms with Gasteiger partial charge in [0.2, 0.25) is 5.13 Å². The SMILES string of the molecule is CC1CCC(c2cc(/C=N/Nc3nc4cc5nsnc5cc4s3)c(-c3ccc(OC(=O)/C=C/C4CCC5CC(S)CCC5C4)c(Cl)c3)c(F)c2F)CC1. The smallest absolute Gasteiger partial charge is 0.335 e. The Balaban J connectivity index is 1.03. The molecule has 2 aromatic heterocycles. The van der Waals surface area contributed by atoms with E-state index < -0.39 is 17.6 Å². The van der Waals surface area contributed by atoms with Gasteiger partial charge in [0.25, 0.3) is 0 Å². The number of halogens is 3. The summed E-state index contributed by atoms with van der Waals surface area (Å²) in [6.45, 7) is 2.19. The number of nitrogens with zero attached hydrogens (tertiary/aromatic N) is 4. The Labute approximate surface area is 326 Å². The molecule has 1 N–H and O–H groups in total. The largest absolute Gasteiger partial charge is 0.422 e. The summed E-state index contributed by atoms with van der Waals surface area (Å²) < 4.78 is 47.3. The average Bonchev–Trinajstić information content (AvgIpc) is 3.78. The third-order valence-corrected chi connectivity index (χ3v) is 13.7. The fourth-order valence-corrected chi connectivity index (χ4v) is 10.5. The van der Waals surface area contributed by atoms with Crippen molar-refractivity contribution < 1.29 is 18.3 Å². The first-order chi connectivity index (χ1) is 25.7. The number of thiol groups is 1. The summed E-state index contributed by atoms with van der Waals surface area (Å²) in [7, 11) is 0. The van der Waals surface area contributed by atoms with Crippen LogP contribution in [0.25, 0.3) is 32.4 Å². The van der Waals surface area contributed by atoms with Gasteiger partial charge in [-0.15, -0.1) is 0 Å². The number of hydrazone groups is 1. The minimum atomic E-state index is -0.969. The topological polar surface area (TPSA) is 89.4 Å². The molecule has 7 nitrogen and oxygen atoms in total. The Bertz CT molecular complexity index is 2170. The van der Waals surface area contributed by atoms with Crippen molar-refractivity contribution in [2.45, 2.75) is 82.3 Å². The van der Waals surface area contributed by atoms with Gasteiger partial charge in [0, 0.05) is 22.5 Å². The summed E-state index contributed by atoms with van der Waals surface area (Å²) in [5.41, 5.74) is 6.41. The van der Waals surface area contributed by atoms with E-state index in [1.54, 1.807) is 12.1 Å². The first-order valence-corrected chi connectivity index (χ1v) is 20.8. The number of carbonyl (C=O) groups excluding carboxylic acids is 1. The molecule has 3 aliphatic carbocycles. The van der Waals surface area contributed by atoms with E-state index in [4.69, 9.17) is 29.0 Å². The molecule has 2 heterocycles. The minimum Gasteiger partial charge on any atom is -0.422 e. The zero-order valence-electron chi connectivity index (χ0n) is 29.2. The Morgan fingerprint density at radius 2 is 1.74 bits per heavy atom. The van der Waals surface area contributed by atoms with Gasteiger partial charge in [-0.1, -0.05) is 54.8 Å². The molecule has 0 saturated heterocycles. The van der Waals surface area contributed by atoms with Crippen molar-refractivity contribution in [3.8, 4) is 16.9 Å². The van der Waals surface area contributed by atoms with Gasteiger partial charge in [-0.25, -0.2) is 18.6 Å². The highest BCUT2D eigenvalue weighted by Crippen LogP contribution is 2.45. The molecule has 53 heavy (non-hydrogen) atoms. The molecule has 8 rings (SSSR count). The number of benzene rings is 3. The monoisotopic (exact) mass is 791 g/mol. The lowest BCUT2D eigenvalue weighted by Gasteiger charge is -2.40. The Morgan fingerprint density at radius 3 is 2.55 bits per heavy atom. The second-order valence-electron chi connectivity index (χ2n) is 15.0. The summed E-state index contributed by atoms with van der Waals surface area (Å²) in [6.07, 6.45) is 15.3. The van der Waals surface area contributed by atoms with Gasteiger partial charge < -0.3 is 4.74 Å². The van der Waals surface area contributed by atoms with Crippen molar-refractivity contribution in [1.29, 1.82) is 0 Å². The van der Waals surface area contributed by atoms with Gasteiger partial charge in [0.15, 0.2) is 11.6 Å². The molecular formula is C40H40ClF2N5O2S3. The highest BCUT2D eigenvalue weighted by atomic mass is 35.5. The summed E-state index contributed by atoms with van der Waals surface area (Å²) >= 11 is 13.9. The molecule has 4 atom stereocenters. The molecule has 3 aliphatic rings. The summed E-state index contributed by atoms with van der Waals surface area (Å²) in [5, 5.41) is 5.58. The maximum absolute atomic E-state index is 16.3. The second kappa shape index (κ2) is 15.7. The second-order valence-corrected chi connectivity index (χ2v) is 17.7. The fraction of sp³-hybridized carbons (Fsp3) is 0.425. The van der Waals surface area contributed by atoms with E-state index in [1.807, 2.05) is 18.2 Å². The molecule has 0 amide bonds. The number of anilines is 1. The van der Waals surface area contributed by atoms with Crippen LogP contribution in [0, 0.1) is 35.3 Å². The van der Waals surface area contributed by atoms with Crippen LogP contribution < -0.4 is 10.2 Å². The quantitative estimate of drug-likeness (QED) is 0.0406. The van der Waals surface area contributed by atoms with Crippen LogP contribution in [0.2, 0.25) is 5.02 Å². The molecule has 4 unspecified atom stereocenters. The zero-order chi connectivity index (χ0) is 36.6. The zero-order valence-corrected chi connectivity index (χ0v) is 32.5. The van der Waals surface area contributed by atoms with Crippen LogP contribution in [-0.2, 0) is 4.79 Å². The lowest BCUT2D eigenvalue weighted by molar-refractivity contribution is -0.129. The van der Waals surface area contributed by atoms with Crippen molar-refractivity contribution in [3.05, 3.63) is 76.3 Å². The predicted octanol–water partition coefficient (Wildman–Crippen LogP) is 11.6. The Hall–Kier alpha value is -3.45. The van der Waals surface area contributed by atoms with Crippen molar-refractivity contribution >= 4 is 85.9 Å². The van der Waals surface area contributed by atoms with Crippen LogP contribution >= 0.6 is 47.3 Å². The van der Waals surface area contributed by atoms with E-state index in [9.17, 15) is 4.79 Å².